The van der Waals surface area contributed by atoms with Gasteiger partial charge in [-0.1, -0.05) is 6.92 Å². The van der Waals surface area contributed by atoms with Crippen molar-refractivity contribution in [3.8, 4) is 0 Å². The van der Waals surface area contributed by atoms with Gasteiger partial charge in [0, 0.05) is 12.2 Å². The molecule has 1 unspecified atom stereocenters. The van der Waals surface area contributed by atoms with Crippen molar-refractivity contribution in [2.24, 2.45) is 5.73 Å². The normalized spacial score (nSPS) is 11.9. The maximum atomic E-state index is 10.8. The van der Waals surface area contributed by atoms with Gasteiger partial charge in [-0.05, 0) is 6.42 Å². The molecule has 0 aromatic heterocycles. The summed E-state index contributed by atoms with van der Waals surface area (Å²) in [5, 5.41) is 0. The molecule has 5 nitrogen and oxygen atoms in total. The average molecular weight is 207 g/mol. The Labute approximate surface area is 81.9 Å². The first kappa shape index (κ1) is 12.2. The van der Waals surface area contributed by atoms with E-state index < -0.39 is 18.0 Å². The smallest absolute Gasteiger partial charge is 0.318 e. The zero-order valence-electron chi connectivity index (χ0n) is 7.36. The van der Waals surface area contributed by atoms with Crippen LogP contribution in [0.4, 0.5) is 0 Å². The highest BCUT2D eigenvalue weighted by atomic mass is 32.1. The molecule has 0 saturated heterocycles. The summed E-state index contributed by atoms with van der Waals surface area (Å²) < 4.78 is 0. The molecule has 1 atom stereocenters. The molecule has 0 aliphatic rings. The lowest BCUT2D eigenvalue weighted by Gasteiger charge is -2.05. The second-order valence-corrected chi connectivity index (χ2v) is 2.76. The van der Waals surface area contributed by atoms with Gasteiger partial charge in [-0.25, -0.2) is 19.4 Å². The molecule has 0 aromatic rings. The van der Waals surface area contributed by atoms with Crippen LogP contribution in [0.5, 0.6) is 0 Å². The quantitative estimate of drug-likeness (QED) is 0.387. The molecule has 2 N–H and O–H groups in total. The molecular formula is C7H13NO4S. The minimum Gasteiger partial charge on any atom is -0.318 e. The summed E-state index contributed by atoms with van der Waals surface area (Å²) in [7, 11) is 0. The summed E-state index contributed by atoms with van der Waals surface area (Å²) in [6, 6.07) is -0.863. The number of carbonyl (C=O) groups is 2. The van der Waals surface area contributed by atoms with Crippen molar-refractivity contribution < 1.29 is 19.4 Å². The maximum Gasteiger partial charge on any atom is 0.372 e. The van der Waals surface area contributed by atoms with Gasteiger partial charge < -0.3 is 5.73 Å². The fourth-order valence-corrected chi connectivity index (χ4v) is 0.619. The molecule has 6 heteroatoms. The van der Waals surface area contributed by atoms with Gasteiger partial charge in [-0.15, -0.1) is 0 Å². The van der Waals surface area contributed by atoms with E-state index in [4.69, 9.17) is 5.73 Å². The molecule has 0 amide bonds. The minimum atomic E-state index is -0.863. The fourth-order valence-electron chi connectivity index (χ4n) is 0.470. The van der Waals surface area contributed by atoms with E-state index in [2.05, 4.69) is 22.4 Å². The Morgan fingerprint density at radius 1 is 1.46 bits per heavy atom. The van der Waals surface area contributed by atoms with E-state index in [1.54, 1.807) is 0 Å². The molecule has 0 spiro atoms. The highest BCUT2D eigenvalue weighted by Crippen LogP contribution is 1.94. The fraction of sp³-hybridized carbons (Fsp3) is 0.714. The van der Waals surface area contributed by atoms with Gasteiger partial charge in [0.25, 0.3) is 0 Å². The van der Waals surface area contributed by atoms with Crippen LogP contribution >= 0.6 is 12.6 Å². The van der Waals surface area contributed by atoms with E-state index in [0.717, 1.165) is 0 Å². The lowest BCUT2D eigenvalue weighted by molar-refractivity contribution is -0.259. The Bertz CT molecular complexity index is 185. The second-order valence-electron chi connectivity index (χ2n) is 2.40. The van der Waals surface area contributed by atoms with Crippen LogP contribution in [0.15, 0.2) is 0 Å². The van der Waals surface area contributed by atoms with Gasteiger partial charge in [-0.3, -0.25) is 0 Å². The van der Waals surface area contributed by atoms with E-state index in [0.29, 0.717) is 6.42 Å². The van der Waals surface area contributed by atoms with Crippen molar-refractivity contribution in [2.75, 3.05) is 5.75 Å². The molecule has 0 saturated carbocycles. The van der Waals surface area contributed by atoms with Gasteiger partial charge >= 0.3 is 11.9 Å². The molecule has 13 heavy (non-hydrogen) atoms. The van der Waals surface area contributed by atoms with E-state index in [1.165, 1.54) is 0 Å². The van der Waals surface area contributed by atoms with Gasteiger partial charge in [0.05, 0.1) is 0 Å². The van der Waals surface area contributed by atoms with Gasteiger partial charge in [0.2, 0.25) is 0 Å². The lowest BCUT2D eigenvalue weighted by Crippen LogP contribution is -2.34. The molecule has 0 rings (SSSR count). The van der Waals surface area contributed by atoms with E-state index >= 15 is 0 Å². The molecule has 0 bridgehead atoms. The molecule has 0 aromatic carbocycles. The van der Waals surface area contributed by atoms with Crippen LogP contribution in [0.1, 0.15) is 19.8 Å². The Hall–Kier alpha value is -0.750. The van der Waals surface area contributed by atoms with Crippen molar-refractivity contribution in [3.05, 3.63) is 0 Å². The average Bonchev–Trinajstić information content (AvgIpc) is 2.13. The third-order valence-corrected chi connectivity index (χ3v) is 1.56. The third-order valence-electron chi connectivity index (χ3n) is 1.17. The van der Waals surface area contributed by atoms with Crippen LogP contribution < -0.4 is 5.73 Å². The van der Waals surface area contributed by atoms with Crippen molar-refractivity contribution in [1.82, 2.24) is 0 Å². The molecule has 0 aliphatic heterocycles. The van der Waals surface area contributed by atoms with Crippen LogP contribution in [0, 0.1) is 0 Å². The zero-order valence-corrected chi connectivity index (χ0v) is 8.25. The highest BCUT2D eigenvalue weighted by molar-refractivity contribution is 7.80. The molecule has 76 valence electrons. The van der Waals surface area contributed by atoms with E-state index in [1.807, 2.05) is 6.92 Å². The number of nitrogens with two attached hydrogens (primary N) is 1. The standard InChI is InChI=1S/C7H13NO4S/c1-2-3-6(9)11-12-7(10)5(8)4-13/h5,13H,2-4,8H2,1H3. The predicted molar refractivity (Wildman–Crippen MR) is 48.9 cm³/mol. The number of rotatable bonds is 4. The SMILES string of the molecule is CCCC(=O)OOC(=O)C(N)CS. The minimum absolute atomic E-state index is 0.143. The topological polar surface area (TPSA) is 78.6 Å². The second kappa shape index (κ2) is 6.73. The third kappa shape index (κ3) is 5.48. The monoisotopic (exact) mass is 207 g/mol. The van der Waals surface area contributed by atoms with Gasteiger partial charge in [0.15, 0.2) is 0 Å². The van der Waals surface area contributed by atoms with E-state index in [-0.39, 0.29) is 12.2 Å². The molecule has 0 radical (unpaired) electrons. The first-order chi connectivity index (χ1) is 6.11. The molecular weight excluding hydrogens is 194 g/mol. The largest absolute Gasteiger partial charge is 0.372 e. The Morgan fingerprint density at radius 3 is 2.54 bits per heavy atom. The van der Waals surface area contributed by atoms with Crippen LogP contribution in [0.2, 0.25) is 0 Å². The summed E-state index contributed by atoms with van der Waals surface area (Å²) in [4.78, 5) is 29.8. The van der Waals surface area contributed by atoms with Gasteiger partial charge in [-0.2, -0.15) is 12.6 Å². The first-order valence-corrected chi connectivity index (χ1v) is 4.52. The van der Waals surface area contributed by atoms with E-state index in [9.17, 15) is 9.59 Å². The summed E-state index contributed by atoms with van der Waals surface area (Å²) in [5.41, 5.74) is 5.23. The van der Waals surface area contributed by atoms with Crippen LogP contribution in [-0.2, 0) is 19.4 Å². The van der Waals surface area contributed by atoms with Crippen molar-refractivity contribution in [1.29, 1.82) is 0 Å². The Kier molecular flexibility index (Phi) is 6.34. The van der Waals surface area contributed by atoms with Crippen molar-refractivity contribution >= 4 is 24.6 Å². The van der Waals surface area contributed by atoms with Crippen molar-refractivity contribution in [3.63, 3.8) is 0 Å². The highest BCUT2D eigenvalue weighted by Gasteiger charge is 2.16. The molecule has 0 fully saturated rings. The summed E-state index contributed by atoms with van der Waals surface area (Å²) in [6.45, 7) is 1.81. The number of hydrogen-bond donors (Lipinski definition) is 2. The van der Waals surface area contributed by atoms with Crippen LogP contribution in [-0.4, -0.2) is 23.7 Å². The molecule has 0 aliphatic carbocycles. The first-order valence-electron chi connectivity index (χ1n) is 3.89. The zero-order chi connectivity index (χ0) is 10.3. The number of carbonyl (C=O) groups excluding carboxylic acids is 2. The number of hydrogen-bond acceptors (Lipinski definition) is 6. The predicted octanol–water partition coefficient (Wildman–Crippen LogP) is 0.0450. The van der Waals surface area contributed by atoms with Gasteiger partial charge in [0.1, 0.15) is 6.04 Å². The number of thiol groups is 1. The van der Waals surface area contributed by atoms with Crippen LogP contribution in [0.25, 0.3) is 0 Å². The summed E-state index contributed by atoms with van der Waals surface area (Å²) in [5.74, 6) is -1.23. The maximum absolute atomic E-state index is 10.8. The summed E-state index contributed by atoms with van der Waals surface area (Å²) in [6.07, 6.45) is 0.846. The Morgan fingerprint density at radius 2 is 2.08 bits per heavy atom. The Balaban J connectivity index is 3.63. The van der Waals surface area contributed by atoms with Crippen molar-refractivity contribution in [2.45, 2.75) is 25.8 Å². The lowest BCUT2D eigenvalue weighted by atomic mass is 10.3. The van der Waals surface area contributed by atoms with Crippen LogP contribution in [0.3, 0.4) is 0 Å². The molecule has 0 heterocycles. The summed E-state index contributed by atoms with van der Waals surface area (Å²) >= 11 is 3.77.